The van der Waals surface area contributed by atoms with Crippen LogP contribution in [0.4, 0.5) is 5.69 Å². The quantitative estimate of drug-likeness (QED) is 0.733. The lowest BCUT2D eigenvalue weighted by Gasteiger charge is -2.34. The van der Waals surface area contributed by atoms with Crippen molar-refractivity contribution < 1.29 is 0 Å². The molecule has 0 amide bonds. The summed E-state index contributed by atoms with van der Waals surface area (Å²) in [5.41, 5.74) is 5.65. The molecule has 1 aliphatic heterocycles. The minimum atomic E-state index is 0.193. The van der Waals surface area contributed by atoms with Crippen LogP contribution in [0.5, 0.6) is 0 Å². The fraction of sp³-hybridized carbons (Fsp3) is 0.500. The van der Waals surface area contributed by atoms with Crippen molar-refractivity contribution in [3.63, 3.8) is 0 Å². The molecule has 2 aromatic rings. The minimum Gasteiger partial charge on any atom is -0.366 e. The van der Waals surface area contributed by atoms with Gasteiger partial charge >= 0.3 is 0 Å². The average molecular weight is 242 g/mol. The predicted octanol–water partition coefficient (Wildman–Crippen LogP) is 4.20. The number of nitrogens with one attached hydrogen (secondary N) is 1. The van der Waals surface area contributed by atoms with E-state index in [-0.39, 0.29) is 5.54 Å². The van der Waals surface area contributed by atoms with Crippen LogP contribution in [0.3, 0.4) is 0 Å². The molecule has 1 unspecified atom stereocenters. The van der Waals surface area contributed by atoms with Crippen molar-refractivity contribution in [3.05, 3.63) is 29.5 Å². The van der Waals surface area contributed by atoms with Gasteiger partial charge in [0.1, 0.15) is 0 Å². The Morgan fingerprint density at radius 2 is 2.00 bits per heavy atom. The summed E-state index contributed by atoms with van der Waals surface area (Å²) in [6.45, 7) is 12.5. The summed E-state index contributed by atoms with van der Waals surface area (Å²) < 4.78 is 0. The van der Waals surface area contributed by atoms with Gasteiger partial charge in [-0.2, -0.15) is 0 Å². The highest BCUT2D eigenvalue weighted by molar-refractivity contribution is 5.91. The summed E-state index contributed by atoms with van der Waals surface area (Å²) in [5, 5.41) is 1.41. The largest absolute Gasteiger partial charge is 0.366 e. The summed E-state index contributed by atoms with van der Waals surface area (Å²) >= 11 is 0. The van der Waals surface area contributed by atoms with E-state index in [1.807, 2.05) is 0 Å². The van der Waals surface area contributed by atoms with Gasteiger partial charge in [-0.3, -0.25) is 0 Å². The Labute approximate surface area is 109 Å². The molecule has 2 nitrogen and oxygen atoms in total. The van der Waals surface area contributed by atoms with E-state index in [9.17, 15) is 0 Å². The topological polar surface area (TPSA) is 19.0 Å². The van der Waals surface area contributed by atoms with E-state index in [4.69, 9.17) is 0 Å². The number of hydrogen-bond acceptors (Lipinski definition) is 1. The second-order valence-electron chi connectivity index (χ2n) is 6.59. The molecule has 1 aliphatic rings. The summed E-state index contributed by atoms with van der Waals surface area (Å²) in [7, 11) is 0. The molecule has 1 aromatic heterocycles. The molecule has 1 N–H and O–H groups in total. The third-order valence-corrected chi connectivity index (χ3v) is 4.01. The first-order valence-corrected chi connectivity index (χ1v) is 6.78. The SMILES string of the molecule is Cc1cc2c3c(ccc2[nH]1)N(C(C)(C)C)CC3C. The molecule has 0 fully saturated rings. The molecule has 2 heteroatoms. The first-order chi connectivity index (χ1) is 8.38. The van der Waals surface area contributed by atoms with Crippen LogP contribution in [-0.2, 0) is 0 Å². The monoisotopic (exact) mass is 242 g/mol. The lowest BCUT2D eigenvalue weighted by Crippen LogP contribution is -2.40. The molecule has 0 bridgehead atoms. The maximum absolute atomic E-state index is 3.44. The van der Waals surface area contributed by atoms with E-state index < -0.39 is 0 Å². The summed E-state index contributed by atoms with van der Waals surface area (Å²) in [6.07, 6.45) is 0. The fourth-order valence-electron chi connectivity index (χ4n) is 3.21. The number of aryl methyl sites for hydroxylation is 1. The van der Waals surface area contributed by atoms with Crippen molar-refractivity contribution in [2.24, 2.45) is 0 Å². The van der Waals surface area contributed by atoms with Crippen molar-refractivity contribution >= 4 is 16.6 Å². The summed E-state index contributed by atoms with van der Waals surface area (Å²) in [5.74, 6) is 0.609. The van der Waals surface area contributed by atoms with Crippen molar-refractivity contribution in [2.75, 3.05) is 11.4 Å². The fourth-order valence-corrected chi connectivity index (χ4v) is 3.21. The third kappa shape index (κ3) is 1.55. The molecule has 0 aliphatic carbocycles. The zero-order valence-corrected chi connectivity index (χ0v) is 12.0. The standard InChI is InChI=1S/C16H22N2/c1-10-9-18(16(3,4)5)14-7-6-13-12(15(10)14)8-11(2)17-13/h6-8,10,17H,9H2,1-5H3. The molecule has 1 atom stereocenters. The Bertz CT molecular complexity index is 601. The van der Waals surface area contributed by atoms with Gasteiger partial charge in [0.25, 0.3) is 0 Å². The Kier molecular flexibility index (Phi) is 2.28. The van der Waals surface area contributed by atoms with Crippen LogP contribution in [0.25, 0.3) is 10.9 Å². The molecule has 1 aromatic carbocycles. The Morgan fingerprint density at radius 3 is 2.67 bits per heavy atom. The van der Waals surface area contributed by atoms with Gasteiger partial charge in [-0.1, -0.05) is 6.92 Å². The molecule has 18 heavy (non-hydrogen) atoms. The number of benzene rings is 1. The number of hydrogen-bond donors (Lipinski definition) is 1. The second kappa shape index (κ2) is 3.53. The maximum Gasteiger partial charge on any atom is 0.0460 e. The number of aromatic nitrogens is 1. The smallest absolute Gasteiger partial charge is 0.0460 e. The number of H-pyrrole nitrogens is 1. The molecule has 0 radical (unpaired) electrons. The van der Waals surface area contributed by atoms with Gasteiger partial charge in [-0.15, -0.1) is 0 Å². The highest BCUT2D eigenvalue weighted by atomic mass is 15.2. The third-order valence-electron chi connectivity index (χ3n) is 4.01. The van der Waals surface area contributed by atoms with Crippen LogP contribution in [0, 0.1) is 6.92 Å². The van der Waals surface area contributed by atoms with E-state index >= 15 is 0 Å². The molecular weight excluding hydrogens is 220 g/mol. The number of nitrogens with zero attached hydrogens (tertiary/aromatic N) is 1. The number of rotatable bonds is 0. The Morgan fingerprint density at radius 1 is 1.28 bits per heavy atom. The van der Waals surface area contributed by atoms with Crippen molar-refractivity contribution in [2.45, 2.75) is 46.1 Å². The zero-order valence-electron chi connectivity index (χ0n) is 12.0. The van der Waals surface area contributed by atoms with Crippen LogP contribution in [0.1, 0.15) is 44.9 Å². The van der Waals surface area contributed by atoms with Crippen LogP contribution in [-0.4, -0.2) is 17.1 Å². The van der Waals surface area contributed by atoms with Crippen molar-refractivity contribution in [1.29, 1.82) is 0 Å². The molecule has 2 heterocycles. The summed E-state index contributed by atoms with van der Waals surface area (Å²) in [6, 6.07) is 6.79. The average Bonchev–Trinajstić information content (AvgIpc) is 2.77. The molecule has 3 rings (SSSR count). The maximum atomic E-state index is 3.44. The van der Waals surface area contributed by atoms with Crippen LogP contribution < -0.4 is 4.90 Å². The van der Waals surface area contributed by atoms with Crippen LogP contribution in [0.15, 0.2) is 18.2 Å². The Balaban J connectivity index is 2.25. The zero-order chi connectivity index (χ0) is 13.1. The number of fused-ring (bicyclic) bond motifs is 3. The molecular formula is C16H22N2. The molecule has 0 spiro atoms. The highest BCUT2D eigenvalue weighted by Gasteiger charge is 2.33. The highest BCUT2D eigenvalue weighted by Crippen LogP contribution is 2.43. The van der Waals surface area contributed by atoms with E-state index in [1.165, 1.54) is 27.8 Å². The van der Waals surface area contributed by atoms with E-state index in [2.05, 4.69) is 62.7 Å². The summed E-state index contributed by atoms with van der Waals surface area (Å²) in [4.78, 5) is 5.98. The number of anilines is 1. The van der Waals surface area contributed by atoms with Gasteiger partial charge in [0.05, 0.1) is 0 Å². The van der Waals surface area contributed by atoms with Gasteiger partial charge in [-0.25, -0.2) is 0 Å². The predicted molar refractivity (Wildman–Crippen MR) is 78.5 cm³/mol. The number of aromatic amines is 1. The van der Waals surface area contributed by atoms with Crippen molar-refractivity contribution in [3.8, 4) is 0 Å². The van der Waals surface area contributed by atoms with E-state index in [0.29, 0.717) is 5.92 Å². The normalized spacial score (nSPS) is 19.6. The van der Waals surface area contributed by atoms with E-state index in [0.717, 1.165) is 6.54 Å². The minimum absolute atomic E-state index is 0.193. The van der Waals surface area contributed by atoms with Gasteiger partial charge in [0.15, 0.2) is 0 Å². The van der Waals surface area contributed by atoms with Gasteiger partial charge < -0.3 is 9.88 Å². The second-order valence-corrected chi connectivity index (χ2v) is 6.59. The first-order valence-electron chi connectivity index (χ1n) is 6.78. The van der Waals surface area contributed by atoms with Crippen molar-refractivity contribution in [1.82, 2.24) is 4.98 Å². The van der Waals surface area contributed by atoms with Gasteiger partial charge in [0, 0.05) is 40.3 Å². The molecule has 0 saturated heterocycles. The lowest BCUT2D eigenvalue weighted by molar-refractivity contribution is 0.506. The van der Waals surface area contributed by atoms with Gasteiger partial charge in [0.2, 0.25) is 0 Å². The van der Waals surface area contributed by atoms with Crippen LogP contribution >= 0.6 is 0 Å². The van der Waals surface area contributed by atoms with E-state index in [1.54, 1.807) is 0 Å². The molecule has 96 valence electrons. The molecule has 0 saturated carbocycles. The Hall–Kier alpha value is -1.44. The first kappa shape index (κ1) is 11.6. The van der Waals surface area contributed by atoms with Crippen LogP contribution in [0.2, 0.25) is 0 Å². The van der Waals surface area contributed by atoms with Gasteiger partial charge in [-0.05, 0) is 51.5 Å². The lowest BCUT2D eigenvalue weighted by atomic mass is 9.99.